The molecule has 1 amide bonds. The molecule has 1 aromatic rings. The van der Waals surface area contributed by atoms with Gasteiger partial charge in [-0.3, -0.25) is 4.90 Å². The van der Waals surface area contributed by atoms with E-state index < -0.39 is 5.60 Å². The number of hydrogen-bond donors (Lipinski definition) is 0. The summed E-state index contributed by atoms with van der Waals surface area (Å²) in [6, 6.07) is 2.12. The minimum Gasteiger partial charge on any atom is -0.444 e. The lowest BCUT2D eigenvalue weighted by molar-refractivity contribution is -0.0000206. The monoisotopic (exact) mass is 345 g/mol. The molecule has 1 aromatic heterocycles. The first kappa shape index (κ1) is 14.9. The Balaban J connectivity index is 2.28. The second kappa shape index (κ2) is 4.77. The third-order valence-electron chi connectivity index (χ3n) is 3.29. The van der Waals surface area contributed by atoms with E-state index in [-0.39, 0.29) is 11.6 Å². The van der Waals surface area contributed by atoms with Gasteiger partial charge < -0.3 is 4.74 Å². The normalized spacial score (nSPS) is 18.1. The topological polar surface area (TPSA) is 29.5 Å². The molecule has 0 bridgehead atoms. The van der Waals surface area contributed by atoms with Crippen LogP contribution in [0.3, 0.4) is 0 Å². The lowest BCUT2D eigenvalue weighted by Gasteiger charge is -2.42. The molecule has 0 aliphatic carbocycles. The number of ether oxygens (including phenoxy) is 1. The van der Waals surface area contributed by atoms with Crippen LogP contribution in [0.1, 0.15) is 45.1 Å². The van der Waals surface area contributed by atoms with Gasteiger partial charge in [0.2, 0.25) is 0 Å². The third kappa shape index (κ3) is 2.97. The van der Waals surface area contributed by atoms with E-state index in [1.165, 1.54) is 10.4 Å². The molecule has 0 aromatic carbocycles. The van der Waals surface area contributed by atoms with Crippen LogP contribution < -0.4 is 0 Å². The van der Waals surface area contributed by atoms with Crippen molar-refractivity contribution in [2.45, 2.75) is 52.2 Å². The zero-order valence-corrected chi connectivity index (χ0v) is 14.4. The van der Waals surface area contributed by atoms with Crippen molar-refractivity contribution in [3.05, 3.63) is 20.3 Å². The molecule has 0 atom stereocenters. The van der Waals surface area contributed by atoms with Crippen molar-refractivity contribution >= 4 is 33.4 Å². The Bertz CT molecular complexity index is 502. The SMILES string of the molecule is CC(C)(C)OC(=O)N1CCc2sc(Br)cc2C1(C)C. The molecule has 1 aliphatic rings. The summed E-state index contributed by atoms with van der Waals surface area (Å²) >= 11 is 5.29. The number of fused-ring (bicyclic) bond motifs is 1. The van der Waals surface area contributed by atoms with E-state index in [0.717, 1.165) is 10.2 Å². The Morgan fingerprint density at radius 1 is 1.47 bits per heavy atom. The third-order valence-corrected chi connectivity index (χ3v) is 4.99. The summed E-state index contributed by atoms with van der Waals surface area (Å²) in [6.07, 6.45) is 0.666. The molecule has 0 spiro atoms. The summed E-state index contributed by atoms with van der Waals surface area (Å²) in [5, 5.41) is 0. The van der Waals surface area contributed by atoms with Crippen LogP contribution >= 0.6 is 27.3 Å². The fraction of sp³-hybridized carbons (Fsp3) is 0.643. The molecule has 0 N–H and O–H groups in total. The highest BCUT2D eigenvalue weighted by Gasteiger charge is 2.40. The van der Waals surface area contributed by atoms with Crippen molar-refractivity contribution in [1.29, 1.82) is 0 Å². The minimum atomic E-state index is -0.456. The highest BCUT2D eigenvalue weighted by Crippen LogP contribution is 2.41. The number of halogens is 1. The molecule has 0 unspecified atom stereocenters. The van der Waals surface area contributed by atoms with Gasteiger partial charge in [0.15, 0.2) is 0 Å². The van der Waals surface area contributed by atoms with Crippen molar-refractivity contribution in [3.63, 3.8) is 0 Å². The van der Waals surface area contributed by atoms with Gasteiger partial charge in [-0.05, 0) is 68.6 Å². The highest BCUT2D eigenvalue weighted by molar-refractivity contribution is 9.11. The van der Waals surface area contributed by atoms with Crippen molar-refractivity contribution in [1.82, 2.24) is 4.90 Å². The molecule has 5 heteroatoms. The van der Waals surface area contributed by atoms with Gasteiger partial charge >= 0.3 is 6.09 Å². The van der Waals surface area contributed by atoms with Gasteiger partial charge in [0, 0.05) is 11.4 Å². The van der Waals surface area contributed by atoms with E-state index in [0.29, 0.717) is 6.54 Å². The summed E-state index contributed by atoms with van der Waals surface area (Å²) in [6.45, 7) is 10.6. The van der Waals surface area contributed by atoms with Crippen molar-refractivity contribution in [2.75, 3.05) is 6.54 Å². The predicted octanol–water partition coefficient (Wildman–Crippen LogP) is 4.54. The van der Waals surface area contributed by atoms with Crippen LogP contribution in [0.15, 0.2) is 9.85 Å². The van der Waals surface area contributed by atoms with Crippen LogP contribution in [0.2, 0.25) is 0 Å². The lowest BCUT2D eigenvalue weighted by atomic mass is 9.88. The second-order valence-corrected chi connectivity index (χ2v) is 8.84. The molecular weight excluding hydrogens is 326 g/mol. The van der Waals surface area contributed by atoms with Gasteiger partial charge in [-0.2, -0.15) is 0 Å². The van der Waals surface area contributed by atoms with Gasteiger partial charge in [0.05, 0.1) is 9.33 Å². The van der Waals surface area contributed by atoms with Crippen molar-refractivity contribution < 1.29 is 9.53 Å². The van der Waals surface area contributed by atoms with Crippen LogP contribution in [0.5, 0.6) is 0 Å². The van der Waals surface area contributed by atoms with Crippen LogP contribution in [-0.2, 0) is 16.7 Å². The van der Waals surface area contributed by atoms with Crippen molar-refractivity contribution in [2.24, 2.45) is 0 Å². The van der Waals surface area contributed by atoms with E-state index in [2.05, 4.69) is 35.8 Å². The smallest absolute Gasteiger partial charge is 0.411 e. The Morgan fingerprint density at radius 2 is 2.11 bits per heavy atom. The minimum absolute atomic E-state index is 0.231. The Kier molecular flexibility index (Phi) is 3.73. The molecule has 0 fully saturated rings. The number of carbonyl (C=O) groups is 1. The van der Waals surface area contributed by atoms with Crippen LogP contribution in [0.25, 0.3) is 0 Å². The number of amides is 1. The molecule has 0 saturated heterocycles. The number of rotatable bonds is 0. The van der Waals surface area contributed by atoms with Gasteiger partial charge in [-0.15, -0.1) is 11.3 Å². The molecule has 2 heterocycles. The number of carbonyl (C=O) groups excluding carboxylic acids is 1. The number of hydrogen-bond acceptors (Lipinski definition) is 3. The standard InChI is InChI=1S/C14H20BrNO2S/c1-13(2,3)18-12(17)16-7-6-10-9(14(16,4)5)8-11(15)19-10/h8H,6-7H2,1-5H3. The van der Waals surface area contributed by atoms with Crippen molar-refractivity contribution in [3.8, 4) is 0 Å². The quantitative estimate of drug-likeness (QED) is 0.690. The fourth-order valence-electron chi connectivity index (χ4n) is 2.37. The van der Waals surface area contributed by atoms with Gasteiger partial charge in [0.25, 0.3) is 0 Å². The molecule has 3 nitrogen and oxygen atoms in total. The fourth-order valence-corrected chi connectivity index (χ4v) is 4.21. The van der Waals surface area contributed by atoms with E-state index in [4.69, 9.17) is 4.74 Å². The molecule has 0 radical (unpaired) electrons. The predicted molar refractivity (Wildman–Crippen MR) is 81.7 cm³/mol. The van der Waals surface area contributed by atoms with Crippen LogP contribution in [0.4, 0.5) is 4.79 Å². The molecule has 106 valence electrons. The molecular formula is C14H20BrNO2S. The summed E-state index contributed by atoms with van der Waals surface area (Å²) in [4.78, 5) is 15.5. The van der Waals surface area contributed by atoms with E-state index in [1.54, 1.807) is 11.3 Å². The summed E-state index contributed by atoms with van der Waals surface area (Å²) in [5.74, 6) is 0. The average Bonchev–Trinajstić information content (AvgIpc) is 2.57. The second-order valence-electron chi connectivity index (χ2n) is 6.33. The lowest BCUT2D eigenvalue weighted by Crippen LogP contribution is -2.51. The Hall–Kier alpha value is -0.550. The molecule has 2 rings (SSSR count). The first-order chi connectivity index (χ1) is 8.61. The van der Waals surface area contributed by atoms with Gasteiger partial charge in [-0.25, -0.2) is 4.79 Å². The Labute approximate surface area is 127 Å². The maximum atomic E-state index is 12.3. The number of nitrogens with zero attached hydrogens (tertiary/aromatic N) is 1. The van der Waals surface area contributed by atoms with Gasteiger partial charge in [-0.1, -0.05) is 0 Å². The molecule has 1 aliphatic heterocycles. The average molecular weight is 346 g/mol. The first-order valence-corrected chi connectivity index (χ1v) is 8.01. The first-order valence-electron chi connectivity index (χ1n) is 6.40. The summed E-state index contributed by atoms with van der Waals surface area (Å²) in [5.41, 5.74) is 0.447. The maximum absolute atomic E-state index is 12.3. The molecule has 19 heavy (non-hydrogen) atoms. The summed E-state index contributed by atoms with van der Waals surface area (Å²) < 4.78 is 6.64. The van der Waals surface area contributed by atoms with Crippen LogP contribution in [0, 0.1) is 0 Å². The summed E-state index contributed by atoms with van der Waals surface area (Å²) in [7, 11) is 0. The van der Waals surface area contributed by atoms with Gasteiger partial charge in [0.1, 0.15) is 5.60 Å². The number of thiophene rings is 1. The maximum Gasteiger partial charge on any atom is 0.411 e. The zero-order valence-electron chi connectivity index (χ0n) is 12.0. The van der Waals surface area contributed by atoms with Crippen LogP contribution in [-0.4, -0.2) is 23.1 Å². The van der Waals surface area contributed by atoms with E-state index in [1.807, 2.05) is 25.7 Å². The Morgan fingerprint density at radius 3 is 2.68 bits per heavy atom. The van der Waals surface area contributed by atoms with E-state index >= 15 is 0 Å². The zero-order chi connectivity index (χ0) is 14.4. The molecule has 0 saturated carbocycles. The largest absolute Gasteiger partial charge is 0.444 e. The highest BCUT2D eigenvalue weighted by atomic mass is 79.9. The van der Waals surface area contributed by atoms with E-state index in [9.17, 15) is 4.79 Å².